The van der Waals surface area contributed by atoms with E-state index in [4.69, 9.17) is 4.74 Å². The van der Waals surface area contributed by atoms with Gasteiger partial charge in [0.15, 0.2) is 0 Å². The van der Waals surface area contributed by atoms with E-state index < -0.39 is 0 Å². The first-order valence-corrected chi connectivity index (χ1v) is 8.10. The molecule has 0 radical (unpaired) electrons. The highest BCUT2D eigenvalue weighted by Crippen LogP contribution is 2.35. The van der Waals surface area contributed by atoms with Crippen LogP contribution in [0.15, 0.2) is 54.6 Å². The summed E-state index contributed by atoms with van der Waals surface area (Å²) in [6, 6.07) is 18.5. The lowest BCUT2D eigenvalue weighted by atomic mass is 10.1. The van der Waals surface area contributed by atoms with Gasteiger partial charge in [-0.15, -0.1) is 0 Å². The van der Waals surface area contributed by atoms with Crippen molar-refractivity contribution in [3.63, 3.8) is 0 Å². The number of rotatable bonds is 6. The molecule has 3 rings (SSSR count). The van der Waals surface area contributed by atoms with Crippen molar-refractivity contribution >= 4 is 10.9 Å². The van der Waals surface area contributed by atoms with Gasteiger partial charge in [0, 0.05) is 18.0 Å². The summed E-state index contributed by atoms with van der Waals surface area (Å²) in [5.74, 6) is 1.84. The van der Waals surface area contributed by atoms with Crippen LogP contribution >= 0.6 is 0 Å². The van der Waals surface area contributed by atoms with E-state index in [1.54, 1.807) is 0 Å². The van der Waals surface area contributed by atoms with Crippen molar-refractivity contribution in [2.24, 2.45) is 7.05 Å². The standard InChI is InChI=1S/C20H24N2O/c1-21(2)15-9-13-18-17-12-7-8-14-19(17)22(3)20(18)23-16-10-5-4-6-11-16/h4-8,10-12,14H,9,13,15H2,1-3H3. The third-order valence-electron chi connectivity index (χ3n) is 4.14. The molecule has 1 aromatic heterocycles. The quantitative estimate of drug-likeness (QED) is 0.668. The Morgan fingerprint density at radius 3 is 2.39 bits per heavy atom. The van der Waals surface area contributed by atoms with Crippen molar-refractivity contribution < 1.29 is 4.74 Å². The van der Waals surface area contributed by atoms with Crippen LogP contribution in [0.3, 0.4) is 0 Å². The highest BCUT2D eigenvalue weighted by Gasteiger charge is 2.16. The second kappa shape index (κ2) is 6.88. The average Bonchev–Trinajstić information content (AvgIpc) is 2.82. The Labute approximate surface area is 138 Å². The van der Waals surface area contributed by atoms with Crippen LogP contribution in [0.5, 0.6) is 11.6 Å². The summed E-state index contributed by atoms with van der Waals surface area (Å²) in [5.41, 5.74) is 2.52. The first kappa shape index (κ1) is 15.6. The highest BCUT2D eigenvalue weighted by molar-refractivity contribution is 5.87. The predicted molar refractivity (Wildman–Crippen MR) is 96.3 cm³/mol. The van der Waals surface area contributed by atoms with Crippen molar-refractivity contribution in [1.29, 1.82) is 0 Å². The Bertz CT molecular complexity index is 775. The maximum Gasteiger partial charge on any atom is 0.204 e. The molecule has 0 saturated heterocycles. The van der Waals surface area contributed by atoms with E-state index in [0.717, 1.165) is 31.0 Å². The Morgan fingerprint density at radius 2 is 1.65 bits per heavy atom. The molecule has 0 spiro atoms. The summed E-state index contributed by atoms with van der Waals surface area (Å²) in [7, 11) is 6.31. The van der Waals surface area contributed by atoms with E-state index in [0.29, 0.717) is 0 Å². The molecule has 0 aliphatic heterocycles. The molecule has 120 valence electrons. The van der Waals surface area contributed by atoms with Gasteiger partial charge in [-0.2, -0.15) is 0 Å². The lowest BCUT2D eigenvalue weighted by Gasteiger charge is -2.12. The topological polar surface area (TPSA) is 17.4 Å². The number of hydrogen-bond acceptors (Lipinski definition) is 2. The molecular weight excluding hydrogens is 284 g/mol. The molecule has 0 saturated carbocycles. The zero-order chi connectivity index (χ0) is 16.2. The first-order chi connectivity index (χ1) is 11.2. The normalized spacial score (nSPS) is 11.3. The maximum atomic E-state index is 6.23. The molecule has 3 aromatic rings. The molecular formula is C20H24N2O. The highest BCUT2D eigenvalue weighted by atomic mass is 16.5. The van der Waals surface area contributed by atoms with Crippen LogP contribution in [-0.2, 0) is 13.5 Å². The number of benzene rings is 2. The second-order valence-electron chi connectivity index (χ2n) is 6.18. The van der Waals surface area contributed by atoms with Gasteiger partial charge in [-0.3, -0.25) is 0 Å². The summed E-state index contributed by atoms with van der Waals surface area (Å²) >= 11 is 0. The molecule has 0 amide bonds. The predicted octanol–water partition coefficient (Wildman–Crippen LogP) is 4.46. The van der Waals surface area contributed by atoms with Crippen molar-refractivity contribution in [1.82, 2.24) is 9.47 Å². The second-order valence-corrected chi connectivity index (χ2v) is 6.18. The number of aryl methyl sites for hydroxylation is 2. The van der Waals surface area contributed by atoms with E-state index in [-0.39, 0.29) is 0 Å². The molecule has 0 aliphatic rings. The lowest BCUT2D eigenvalue weighted by molar-refractivity contribution is 0.396. The zero-order valence-electron chi connectivity index (χ0n) is 14.1. The largest absolute Gasteiger partial charge is 0.441 e. The molecule has 0 fully saturated rings. The van der Waals surface area contributed by atoms with Gasteiger partial charge in [-0.25, -0.2) is 0 Å². The Hall–Kier alpha value is -2.26. The van der Waals surface area contributed by atoms with Gasteiger partial charge in [0.05, 0.1) is 5.52 Å². The van der Waals surface area contributed by atoms with Crippen LogP contribution in [0, 0.1) is 0 Å². The van der Waals surface area contributed by atoms with Crippen molar-refractivity contribution in [2.75, 3.05) is 20.6 Å². The maximum absolute atomic E-state index is 6.23. The van der Waals surface area contributed by atoms with Gasteiger partial charge in [-0.05, 0) is 51.7 Å². The Kier molecular flexibility index (Phi) is 4.68. The molecule has 0 aliphatic carbocycles. The zero-order valence-corrected chi connectivity index (χ0v) is 14.1. The van der Waals surface area contributed by atoms with Gasteiger partial charge >= 0.3 is 0 Å². The minimum absolute atomic E-state index is 0.882. The number of fused-ring (bicyclic) bond motifs is 1. The molecule has 0 N–H and O–H groups in total. The first-order valence-electron chi connectivity index (χ1n) is 8.10. The van der Waals surface area contributed by atoms with Crippen LogP contribution in [-0.4, -0.2) is 30.1 Å². The summed E-state index contributed by atoms with van der Waals surface area (Å²) < 4.78 is 8.39. The van der Waals surface area contributed by atoms with Gasteiger partial charge in [0.2, 0.25) is 5.88 Å². The number of para-hydroxylation sites is 2. The Morgan fingerprint density at radius 1 is 0.957 bits per heavy atom. The van der Waals surface area contributed by atoms with Crippen molar-refractivity contribution in [3.8, 4) is 11.6 Å². The number of ether oxygens (including phenoxy) is 1. The average molecular weight is 308 g/mol. The van der Waals surface area contributed by atoms with Crippen LogP contribution in [0.25, 0.3) is 10.9 Å². The third-order valence-corrected chi connectivity index (χ3v) is 4.14. The van der Waals surface area contributed by atoms with E-state index >= 15 is 0 Å². The molecule has 3 heteroatoms. The van der Waals surface area contributed by atoms with E-state index in [2.05, 4.69) is 54.9 Å². The van der Waals surface area contributed by atoms with Gasteiger partial charge < -0.3 is 14.2 Å². The minimum atomic E-state index is 0.882. The lowest BCUT2D eigenvalue weighted by Crippen LogP contribution is -2.13. The number of hydrogen-bond donors (Lipinski definition) is 0. The molecule has 3 nitrogen and oxygen atoms in total. The summed E-state index contributed by atoms with van der Waals surface area (Å²) in [4.78, 5) is 2.23. The van der Waals surface area contributed by atoms with E-state index in [1.807, 2.05) is 30.3 Å². The van der Waals surface area contributed by atoms with Crippen LogP contribution in [0.1, 0.15) is 12.0 Å². The van der Waals surface area contributed by atoms with Crippen molar-refractivity contribution in [3.05, 3.63) is 60.2 Å². The van der Waals surface area contributed by atoms with E-state index in [9.17, 15) is 0 Å². The van der Waals surface area contributed by atoms with Gasteiger partial charge in [0.25, 0.3) is 0 Å². The summed E-state index contributed by atoms with van der Waals surface area (Å²) in [6.07, 6.45) is 2.13. The van der Waals surface area contributed by atoms with E-state index in [1.165, 1.54) is 16.5 Å². The fourth-order valence-corrected chi connectivity index (χ4v) is 2.99. The fourth-order valence-electron chi connectivity index (χ4n) is 2.99. The molecule has 23 heavy (non-hydrogen) atoms. The SMILES string of the molecule is CN(C)CCCc1c(Oc2ccccc2)n(C)c2ccccc12. The van der Waals surface area contributed by atoms with Crippen LogP contribution in [0.4, 0.5) is 0 Å². The summed E-state index contributed by atoms with van der Waals surface area (Å²) in [6.45, 7) is 1.08. The fraction of sp³-hybridized carbons (Fsp3) is 0.300. The van der Waals surface area contributed by atoms with Gasteiger partial charge in [0.1, 0.15) is 5.75 Å². The Balaban J connectivity index is 1.98. The number of aromatic nitrogens is 1. The minimum Gasteiger partial charge on any atom is -0.441 e. The molecule has 2 aromatic carbocycles. The van der Waals surface area contributed by atoms with Crippen LogP contribution in [0.2, 0.25) is 0 Å². The molecule has 0 bridgehead atoms. The molecule has 1 heterocycles. The third kappa shape index (κ3) is 3.40. The molecule has 0 unspecified atom stereocenters. The van der Waals surface area contributed by atoms with Crippen molar-refractivity contribution in [2.45, 2.75) is 12.8 Å². The smallest absolute Gasteiger partial charge is 0.204 e. The summed E-state index contributed by atoms with van der Waals surface area (Å²) in [5, 5.41) is 1.29. The molecule has 0 atom stereocenters. The van der Waals surface area contributed by atoms with Crippen LogP contribution < -0.4 is 4.74 Å². The van der Waals surface area contributed by atoms with Gasteiger partial charge in [-0.1, -0.05) is 36.4 Å². The number of nitrogens with zero attached hydrogens (tertiary/aromatic N) is 2. The monoisotopic (exact) mass is 308 g/mol.